The second-order valence-corrected chi connectivity index (χ2v) is 4.82. The van der Waals surface area contributed by atoms with E-state index in [1.54, 1.807) is 0 Å². The number of ether oxygens (including phenoxy) is 1. The largest absolute Gasteiger partial charge is 0.573 e. The fourth-order valence-electron chi connectivity index (χ4n) is 2.00. The van der Waals surface area contributed by atoms with Crippen LogP contribution in [0.3, 0.4) is 0 Å². The molecule has 0 saturated heterocycles. The third-order valence-corrected chi connectivity index (χ3v) is 2.95. The summed E-state index contributed by atoms with van der Waals surface area (Å²) < 4.78 is 40.2. The molecule has 1 aromatic rings. The summed E-state index contributed by atoms with van der Waals surface area (Å²) >= 11 is 0. The molecule has 0 unspecified atom stereocenters. The van der Waals surface area contributed by atoms with E-state index in [-0.39, 0.29) is 24.5 Å². The number of hydrogen-bond donors (Lipinski definition) is 0. The number of ketones is 1. The van der Waals surface area contributed by atoms with Crippen molar-refractivity contribution in [3.8, 4) is 5.75 Å². The van der Waals surface area contributed by atoms with Gasteiger partial charge in [0.15, 0.2) is 0 Å². The van der Waals surface area contributed by atoms with Crippen LogP contribution >= 0.6 is 12.4 Å². The van der Waals surface area contributed by atoms with Crippen molar-refractivity contribution in [2.45, 2.75) is 6.36 Å². The Hall–Kier alpha value is -1.80. The van der Waals surface area contributed by atoms with Gasteiger partial charge in [-0.15, -0.1) is 25.6 Å². The second-order valence-electron chi connectivity index (χ2n) is 4.82. The van der Waals surface area contributed by atoms with Crippen LogP contribution in [0.2, 0.25) is 0 Å². The molecule has 122 valence electrons. The summed E-state index contributed by atoms with van der Waals surface area (Å²) in [5.74, 6) is -2.08. The number of alkyl halides is 3. The number of nitrogens with zero attached hydrogens (tertiary/aromatic N) is 2. The number of halogens is 4. The molecule has 0 spiro atoms. The van der Waals surface area contributed by atoms with Gasteiger partial charge in [-0.3, -0.25) is 9.59 Å². The van der Waals surface area contributed by atoms with Gasteiger partial charge in [-0.1, -0.05) is 0 Å². The van der Waals surface area contributed by atoms with Crippen LogP contribution in [-0.2, 0) is 4.79 Å². The monoisotopic (exact) mass is 338 g/mol. The minimum Gasteiger partial charge on any atom is -0.406 e. The molecule has 0 fully saturated rings. The Morgan fingerprint density at radius 3 is 2.41 bits per heavy atom. The van der Waals surface area contributed by atoms with Gasteiger partial charge in [0.2, 0.25) is 0 Å². The van der Waals surface area contributed by atoms with Gasteiger partial charge in [-0.25, -0.2) is 0 Å². The predicted molar refractivity (Wildman–Crippen MR) is 75.6 cm³/mol. The van der Waals surface area contributed by atoms with Crippen LogP contribution in [0.15, 0.2) is 18.2 Å². The summed E-state index contributed by atoms with van der Waals surface area (Å²) in [4.78, 5) is 26.8. The first-order chi connectivity index (χ1) is 9.69. The van der Waals surface area contributed by atoms with E-state index in [1.165, 1.54) is 11.0 Å². The average Bonchev–Trinajstić information content (AvgIpc) is 2.58. The van der Waals surface area contributed by atoms with Crippen LogP contribution in [0.4, 0.5) is 18.9 Å². The minimum atomic E-state index is -4.84. The third kappa shape index (κ3) is 3.89. The number of likely N-dealkylation sites (N-methyl/N-ethyl adjacent to an activating group) is 1. The number of benzene rings is 1. The summed E-state index contributed by atoms with van der Waals surface area (Å²) in [7, 11) is 3.62. The maximum Gasteiger partial charge on any atom is 0.573 e. The molecule has 0 bridgehead atoms. The lowest BCUT2D eigenvalue weighted by Gasteiger charge is -2.19. The lowest BCUT2D eigenvalue weighted by molar-refractivity contribution is -0.274. The number of carbonyl (C=O) groups is 2. The summed E-state index contributed by atoms with van der Waals surface area (Å²) in [6, 6.07) is 3.31. The van der Waals surface area contributed by atoms with E-state index in [0.717, 1.165) is 12.1 Å². The van der Waals surface area contributed by atoms with Gasteiger partial charge in [-0.2, -0.15) is 0 Å². The van der Waals surface area contributed by atoms with Crippen molar-refractivity contribution in [2.75, 3.05) is 32.1 Å². The molecule has 5 nitrogen and oxygen atoms in total. The Morgan fingerprint density at radius 1 is 1.23 bits per heavy atom. The zero-order valence-electron chi connectivity index (χ0n) is 11.8. The van der Waals surface area contributed by atoms with Gasteiger partial charge in [0.05, 0.1) is 11.3 Å². The SMILES string of the molecule is CN(C)CCN1C(=O)C(=O)c2cc(OC(F)(F)F)ccc21.Cl. The zero-order chi connectivity index (χ0) is 15.8. The first-order valence-electron chi connectivity index (χ1n) is 6.10. The van der Waals surface area contributed by atoms with Crippen molar-refractivity contribution >= 4 is 29.8 Å². The molecule has 1 aliphatic heterocycles. The van der Waals surface area contributed by atoms with Crippen molar-refractivity contribution < 1.29 is 27.5 Å². The highest BCUT2D eigenvalue weighted by Crippen LogP contribution is 2.33. The fraction of sp³-hybridized carbons (Fsp3) is 0.385. The zero-order valence-corrected chi connectivity index (χ0v) is 12.6. The van der Waals surface area contributed by atoms with E-state index in [9.17, 15) is 22.8 Å². The Morgan fingerprint density at radius 2 is 1.86 bits per heavy atom. The number of carbonyl (C=O) groups excluding carboxylic acids is 2. The topological polar surface area (TPSA) is 49.9 Å². The second kappa shape index (κ2) is 6.53. The molecule has 0 saturated carbocycles. The average molecular weight is 339 g/mol. The fourth-order valence-corrected chi connectivity index (χ4v) is 2.00. The van der Waals surface area contributed by atoms with Crippen LogP contribution in [0, 0.1) is 0 Å². The first kappa shape index (κ1) is 18.2. The van der Waals surface area contributed by atoms with Gasteiger partial charge in [-0.05, 0) is 32.3 Å². The van der Waals surface area contributed by atoms with E-state index >= 15 is 0 Å². The van der Waals surface area contributed by atoms with Crippen molar-refractivity contribution in [3.63, 3.8) is 0 Å². The van der Waals surface area contributed by atoms with Gasteiger partial charge in [0.25, 0.3) is 11.7 Å². The van der Waals surface area contributed by atoms with Gasteiger partial charge in [0.1, 0.15) is 5.75 Å². The molecule has 0 N–H and O–H groups in total. The summed E-state index contributed by atoms with van der Waals surface area (Å²) in [5.41, 5.74) is 0.238. The Labute approximate surface area is 131 Å². The molecule has 1 heterocycles. The molecule has 9 heteroatoms. The highest BCUT2D eigenvalue weighted by atomic mass is 35.5. The molecule has 0 atom stereocenters. The predicted octanol–water partition coefficient (Wildman–Crippen LogP) is 2.10. The number of fused-ring (bicyclic) bond motifs is 1. The van der Waals surface area contributed by atoms with E-state index in [1.807, 2.05) is 19.0 Å². The Balaban J connectivity index is 0.00000242. The van der Waals surface area contributed by atoms with Crippen LogP contribution in [-0.4, -0.2) is 50.1 Å². The lowest BCUT2D eigenvalue weighted by Crippen LogP contribution is -2.35. The number of anilines is 1. The number of Topliss-reactive ketones (excluding diaryl/α,β-unsaturated/α-hetero) is 1. The Kier molecular flexibility index (Phi) is 5.42. The van der Waals surface area contributed by atoms with Crippen LogP contribution in [0.1, 0.15) is 10.4 Å². The van der Waals surface area contributed by atoms with Crippen molar-refractivity contribution in [1.29, 1.82) is 0 Å². The van der Waals surface area contributed by atoms with Crippen molar-refractivity contribution in [3.05, 3.63) is 23.8 Å². The molecule has 22 heavy (non-hydrogen) atoms. The van der Waals surface area contributed by atoms with Crippen LogP contribution < -0.4 is 9.64 Å². The van der Waals surface area contributed by atoms with E-state index < -0.39 is 23.8 Å². The van der Waals surface area contributed by atoms with Gasteiger partial charge >= 0.3 is 6.36 Å². The smallest absolute Gasteiger partial charge is 0.406 e. The molecule has 0 aromatic heterocycles. The summed E-state index contributed by atoms with van der Waals surface area (Å²) in [6.07, 6.45) is -4.84. The molecule has 1 aromatic carbocycles. The molecule has 2 rings (SSSR count). The summed E-state index contributed by atoms with van der Waals surface area (Å²) in [5, 5.41) is 0. The quantitative estimate of drug-likeness (QED) is 0.789. The Bertz CT molecular complexity index is 590. The molecular formula is C13H14ClF3N2O3. The number of hydrogen-bond acceptors (Lipinski definition) is 4. The minimum absolute atomic E-state index is 0. The first-order valence-corrected chi connectivity index (χ1v) is 6.10. The van der Waals surface area contributed by atoms with E-state index in [0.29, 0.717) is 12.2 Å². The van der Waals surface area contributed by atoms with Crippen molar-refractivity contribution in [1.82, 2.24) is 4.90 Å². The molecule has 1 aliphatic rings. The van der Waals surface area contributed by atoms with Crippen LogP contribution in [0.25, 0.3) is 0 Å². The molecule has 0 aliphatic carbocycles. The summed E-state index contributed by atoms with van der Waals surface area (Å²) in [6.45, 7) is 0.809. The normalized spacial score (nSPS) is 14.2. The lowest BCUT2D eigenvalue weighted by atomic mass is 10.1. The maximum absolute atomic E-state index is 12.2. The highest BCUT2D eigenvalue weighted by Gasteiger charge is 2.37. The molecular weight excluding hydrogens is 325 g/mol. The number of rotatable bonds is 4. The maximum atomic E-state index is 12.2. The van der Waals surface area contributed by atoms with Crippen molar-refractivity contribution in [2.24, 2.45) is 0 Å². The van der Waals surface area contributed by atoms with Gasteiger partial charge < -0.3 is 14.5 Å². The molecule has 1 amide bonds. The van der Waals surface area contributed by atoms with E-state index in [2.05, 4.69) is 4.74 Å². The third-order valence-electron chi connectivity index (χ3n) is 2.95. The molecule has 0 radical (unpaired) electrons. The van der Waals surface area contributed by atoms with Crippen LogP contribution in [0.5, 0.6) is 5.75 Å². The number of amides is 1. The standard InChI is InChI=1S/C13H13F3N2O3.ClH/c1-17(2)5-6-18-10-4-3-8(21-13(14,15)16)7-9(10)11(19)12(18)20;/h3-4,7H,5-6H2,1-2H3;1H. The van der Waals surface area contributed by atoms with E-state index in [4.69, 9.17) is 0 Å². The van der Waals surface area contributed by atoms with Gasteiger partial charge in [0, 0.05) is 13.1 Å². The highest BCUT2D eigenvalue weighted by molar-refractivity contribution is 6.52.